The Hall–Kier alpha value is -7.62. The van der Waals surface area contributed by atoms with Crippen LogP contribution in [-0.4, -0.2) is 9.97 Å². The third kappa shape index (κ3) is 5.81. The molecular formula is C57H38N2O. The van der Waals surface area contributed by atoms with Gasteiger partial charge in [0.25, 0.3) is 0 Å². The van der Waals surface area contributed by atoms with Crippen LogP contribution in [0.4, 0.5) is 0 Å². The quantitative estimate of drug-likeness (QED) is 0.175. The average molecular weight is 767 g/mol. The Morgan fingerprint density at radius 1 is 0.433 bits per heavy atom. The van der Waals surface area contributed by atoms with Crippen molar-refractivity contribution in [2.45, 2.75) is 18.8 Å². The van der Waals surface area contributed by atoms with Gasteiger partial charge in [-0.05, 0) is 116 Å². The molecule has 0 bridgehead atoms. The second kappa shape index (κ2) is 14.0. The largest absolute Gasteiger partial charge is 0.456 e. The number of benzene rings is 9. The van der Waals surface area contributed by atoms with Gasteiger partial charge in [-0.1, -0.05) is 158 Å². The maximum Gasteiger partial charge on any atom is 0.160 e. The van der Waals surface area contributed by atoms with E-state index in [-0.39, 0.29) is 0 Å². The van der Waals surface area contributed by atoms with Gasteiger partial charge in [0, 0.05) is 33.2 Å². The van der Waals surface area contributed by atoms with E-state index in [9.17, 15) is 0 Å². The third-order valence-corrected chi connectivity index (χ3v) is 12.5. The molecule has 1 unspecified atom stereocenters. The molecule has 0 N–H and O–H groups in total. The van der Waals surface area contributed by atoms with E-state index in [4.69, 9.17) is 14.4 Å². The smallest absolute Gasteiger partial charge is 0.160 e. The lowest BCUT2D eigenvalue weighted by atomic mass is 9.84. The van der Waals surface area contributed by atoms with E-state index in [1.807, 2.05) is 24.3 Å². The summed E-state index contributed by atoms with van der Waals surface area (Å²) in [5.41, 5.74) is 17.0. The molecule has 0 amide bonds. The van der Waals surface area contributed by atoms with E-state index in [1.165, 1.54) is 44.2 Å². The van der Waals surface area contributed by atoms with Gasteiger partial charge in [-0.25, -0.2) is 9.97 Å². The predicted octanol–water partition coefficient (Wildman–Crippen LogP) is 15.1. The summed E-state index contributed by atoms with van der Waals surface area (Å²) in [7, 11) is 0. The van der Waals surface area contributed by atoms with Crippen LogP contribution in [-0.2, 0) is 6.42 Å². The first-order valence-electron chi connectivity index (χ1n) is 20.8. The Bertz CT molecular complexity index is 3420. The van der Waals surface area contributed by atoms with Crippen molar-refractivity contribution in [2.75, 3.05) is 0 Å². The molecule has 1 atom stereocenters. The van der Waals surface area contributed by atoms with E-state index in [1.54, 1.807) is 0 Å². The van der Waals surface area contributed by atoms with Crippen LogP contribution in [0.15, 0.2) is 205 Å². The Morgan fingerprint density at radius 3 is 1.95 bits per heavy atom. The van der Waals surface area contributed by atoms with Crippen molar-refractivity contribution in [1.29, 1.82) is 0 Å². The highest BCUT2D eigenvalue weighted by Crippen LogP contribution is 2.45. The molecule has 12 rings (SSSR count). The predicted molar refractivity (Wildman–Crippen MR) is 248 cm³/mol. The van der Waals surface area contributed by atoms with E-state index in [0.29, 0.717) is 11.7 Å². The summed E-state index contributed by atoms with van der Waals surface area (Å²) in [6, 6.07) is 72.1. The fourth-order valence-corrected chi connectivity index (χ4v) is 9.58. The minimum absolute atomic E-state index is 0.313. The van der Waals surface area contributed by atoms with Crippen LogP contribution >= 0.6 is 0 Å². The molecule has 0 saturated heterocycles. The number of hydrogen-bond donors (Lipinski definition) is 0. The zero-order chi connectivity index (χ0) is 39.6. The Kier molecular flexibility index (Phi) is 8.05. The molecule has 2 aromatic heterocycles. The Balaban J connectivity index is 1.02. The maximum atomic E-state index is 6.58. The zero-order valence-electron chi connectivity index (χ0n) is 32.8. The zero-order valence-corrected chi connectivity index (χ0v) is 32.8. The molecule has 282 valence electrons. The highest BCUT2D eigenvalue weighted by atomic mass is 16.3. The maximum absolute atomic E-state index is 6.58. The monoisotopic (exact) mass is 766 g/mol. The van der Waals surface area contributed by atoms with Crippen molar-refractivity contribution in [1.82, 2.24) is 9.97 Å². The van der Waals surface area contributed by atoms with Crippen molar-refractivity contribution in [3.8, 4) is 56.0 Å². The summed E-state index contributed by atoms with van der Waals surface area (Å²) in [4.78, 5) is 10.3. The normalized spacial score (nSPS) is 13.7. The van der Waals surface area contributed by atoms with Crippen molar-refractivity contribution in [3.63, 3.8) is 0 Å². The van der Waals surface area contributed by atoms with Gasteiger partial charge in [-0.15, -0.1) is 0 Å². The SMILES string of the molecule is c1ccc(-c2nc(-c3ccccc3)c3ccc(-c4cccc5oc6ccc(-c7ccc8c(c7)-c7cc9ccccc9cc7CCC8c7ccccc7)cc6c45)cc3n2)cc1. The van der Waals surface area contributed by atoms with Crippen LogP contribution < -0.4 is 0 Å². The van der Waals surface area contributed by atoms with Crippen LogP contribution in [0, 0.1) is 0 Å². The van der Waals surface area contributed by atoms with Gasteiger partial charge in [-0.3, -0.25) is 0 Å². The number of aryl methyl sites for hydroxylation is 1. The van der Waals surface area contributed by atoms with Crippen LogP contribution in [0.25, 0.3) is 99.6 Å². The molecule has 0 spiro atoms. The summed E-state index contributed by atoms with van der Waals surface area (Å²) in [6.07, 6.45) is 2.10. The van der Waals surface area contributed by atoms with Crippen LogP contribution in [0.3, 0.4) is 0 Å². The van der Waals surface area contributed by atoms with Gasteiger partial charge in [-0.2, -0.15) is 0 Å². The molecule has 0 aliphatic heterocycles. The van der Waals surface area contributed by atoms with Crippen LogP contribution in [0.1, 0.15) is 29.0 Å². The second-order valence-electron chi connectivity index (χ2n) is 16.0. The lowest BCUT2D eigenvalue weighted by Crippen LogP contribution is -2.02. The minimum Gasteiger partial charge on any atom is -0.456 e. The van der Waals surface area contributed by atoms with Gasteiger partial charge in [0.15, 0.2) is 5.82 Å². The first-order chi connectivity index (χ1) is 29.7. The van der Waals surface area contributed by atoms with Gasteiger partial charge < -0.3 is 4.42 Å². The van der Waals surface area contributed by atoms with Crippen molar-refractivity contribution in [3.05, 3.63) is 217 Å². The standard InChI is InChI=1S/C57H38N2O/c1-4-13-36(14-5-1)45-27-24-43-31-39-19-10-11-20-40(39)32-49(43)50-33-41(23-28-47(45)50)42-26-30-53-51(34-42)55-46(21-12-22-54(55)60-53)44-25-29-48-52(35-44)58-57(38-17-8-3-9-18-38)59-56(48)37-15-6-2-7-16-37/h1-23,25-26,28-35,45H,24,27H2. The third-order valence-electron chi connectivity index (χ3n) is 12.5. The molecule has 0 saturated carbocycles. The minimum atomic E-state index is 0.313. The highest BCUT2D eigenvalue weighted by Gasteiger charge is 2.25. The summed E-state index contributed by atoms with van der Waals surface area (Å²) in [5.74, 6) is 1.02. The number of furan rings is 1. The summed E-state index contributed by atoms with van der Waals surface area (Å²) >= 11 is 0. The van der Waals surface area contributed by atoms with Crippen LogP contribution in [0.5, 0.6) is 0 Å². The Morgan fingerprint density at radius 2 is 1.13 bits per heavy atom. The van der Waals surface area contributed by atoms with Crippen molar-refractivity contribution < 1.29 is 4.42 Å². The topological polar surface area (TPSA) is 38.9 Å². The molecule has 0 radical (unpaired) electrons. The molecule has 11 aromatic rings. The van der Waals surface area contributed by atoms with Gasteiger partial charge in [0.2, 0.25) is 0 Å². The molecule has 1 aliphatic carbocycles. The molecule has 0 fully saturated rings. The summed E-state index contributed by atoms with van der Waals surface area (Å²) in [5, 5.41) is 5.79. The fraction of sp³-hybridized carbons (Fsp3) is 0.0526. The number of fused-ring (bicyclic) bond motifs is 8. The van der Waals surface area contributed by atoms with E-state index < -0.39 is 0 Å². The van der Waals surface area contributed by atoms with E-state index in [0.717, 1.165) is 79.2 Å². The number of nitrogens with zero attached hydrogens (tertiary/aromatic N) is 2. The Labute approximate surface area is 348 Å². The first-order valence-corrected chi connectivity index (χ1v) is 20.8. The molecule has 1 aliphatic rings. The van der Waals surface area contributed by atoms with E-state index >= 15 is 0 Å². The van der Waals surface area contributed by atoms with Gasteiger partial charge >= 0.3 is 0 Å². The summed E-state index contributed by atoms with van der Waals surface area (Å²) in [6.45, 7) is 0. The van der Waals surface area contributed by atoms with Gasteiger partial charge in [0.1, 0.15) is 11.2 Å². The van der Waals surface area contributed by atoms with Gasteiger partial charge in [0.05, 0.1) is 11.2 Å². The lowest BCUT2D eigenvalue weighted by molar-refractivity contribution is 0.669. The molecule has 60 heavy (non-hydrogen) atoms. The summed E-state index contributed by atoms with van der Waals surface area (Å²) < 4.78 is 6.58. The lowest BCUT2D eigenvalue weighted by Gasteiger charge is -2.20. The number of aromatic nitrogens is 2. The highest BCUT2D eigenvalue weighted by molar-refractivity contribution is 6.14. The molecule has 9 aromatic carbocycles. The molecule has 3 nitrogen and oxygen atoms in total. The van der Waals surface area contributed by atoms with Crippen LogP contribution in [0.2, 0.25) is 0 Å². The molecular weight excluding hydrogens is 729 g/mol. The fourth-order valence-electron chi connectivity index (χ4n) is 9.58. The second-order valence-corrected chi connectivity index (χ2v) is 16.0. The first kappa shape index (κ1) is 34.4. The number of hydrogen-bond acceptors (Lipinski definition) is 3. The molecule has 2 heterocycles. The van der Waals surface area contributed by atoms with Crippen molar-refractivity contribution in [2.24, 2.45) is 0 Å². The molecule has 3 heteroatoms. The average Bonchev–Trinajstić information content (AvgIpc) is 3.62. The number of rotatable bonds is 5. The van der Waals surface area contributed by atoms with E-state index in [2.05, 4.69) is 176 Å². The van der Waals surface area contributed by atoms with Crippen molar-refractivity contribution >= 4 is 43.6 Å².